The molecular formula is C17H23N3O4. The Balaban J connectivity index is 1.82. The van der Waals surface area contributed by atoms with Gasteiger partial charge in [-0.15, -0.1) is 0 Å². The number of rotatable bonds is 8. The fourth-order valence-electron chi connectivity index (χ4n) is 2.25. The Kier molecular flexibility index (Phi) is 6.17. The van der Waals surface area contributed by atoms with E-state index in [1.807, 2.05) is 0 Å². The second-order valence-corrected chi connectivity index (χ2v) is 5.81. The molecule has 1 aromatic carbocycles. The van der Waals surface area contributed by atoms with Gasteiger partial charge in [0.25, 0.3) is 0 Å². The minimum atomic E-state index is -0.191. The number of hydrogen-bond acceptors (Lipinski definition) is 4. The number of amides is 3. The lowest BCUT2D eigenvalue weighted by Gasteiger charge is -2.12. The Morgan fingerprint density at radius 3 is 2.58 bits per heavy atom. The van der Waals surface area contributed by atoms with Crippen LogP contribution in [0.4, 0.5) is 11.4 Å². The fourth-order valence-corrected chi connectivity index (χ4v) is 2.25. The molecule has 0 unspecified atom stereocenters. The predicted molar refractivity (Wildman–Crippen MR) is 90.9 cm³/mol. The Bertz CT molecular complexity index is 626. The SMILES string of the molecule is COc1ccc(NC(C)=O)cc1NC(=O)CCCNC(=O)C1CC1. The van der Waals surface area contributed by atoms with Crippen LogP contribution in [-0.4, -0.2) is 31.4 Å². The molecule has 0 heterocycles. The summed E-state index contributed by atoms with van der Waals surface area (Å²) in [6, 6.07) is 5.02. The van der Waals surface area contributed by atoms with Gasteiger partial charge in [-0.05, 0) is 37.5 Å². The molecular weight excluding hydrogens is 310 g/mol. The minimum absolute atomic E-state index is 0.0834. The van der Waals surface area contributed by atoms with E-state index >= 15 is 0 Å². The molecule has 0 spiro atoms. The summed E-state index contributed by atoms with van der Waals surface area (Å²) in [7, 11) is 1.51. The Labute approximate surface area is 141 Å². The summed E-state index contributed by atoms with van der Waals surface area (Å²) in [4.78, 5) is 34.6. The van der Waals surface area contributed by atoms with Gasteiger partial charge in [-0.3, -0.25) is 14.4 Å². The molecule has 0 bridgehead atoms. The van der Waals surface area contributed by atoms with Crippen molar-refractivity contribution in [3.8, 4) is 5.75 Å². The van der Waals surface area contributed by atoms with Crippen LogP contribution in [0.5, 0.6) is 5.75 Å². The lowest BCUT2D eigenvalue weighted by atomic mass is 10.2. The first-order valence-electron chi connectivity index (χ1n) is 8.03. The van der Waals surface area contributed by atoms with E-state index in [0.717, 1.165) is 12.8 Å². The van der Waals surface area contributed by atoms with Gasteiger partial charge >= 0.3 is 0 Å². The fraction of sp³-hybridized carbons (Fsp3) is 0.471. The highest BCUT2D eigenvalue weighted by Gasteiger charge is 2.28. The van der Waals surface area contributed by atoms with Crippen molar-refractivity contribution in [2.24, 2.45) is 5.92 Å². The number of hydrogen-bond donors (Lipinski definition) is 3. The van der Waals surface area contributed by atoms with Gasteiger partial charge in [-0.25, -0.2) is 0 Å². The van der Waals surface area contributed by atoms with Gasteiger partial charge in [-0.1, -0.05) is 0 Å². The van der Waals surface area contributed by atoms with Crippen LogP contribution < -0.4 is 20.7 Å². The molecule has 0 aliphatic heterocycles. The van der Waals surface area contributed by atoms with Crippen LogP contribution in [0.1, 0.15) is 32.6 Å². The number of ether oxygens (including phenoxy) is 1. The van der Waals surface area contributed by atoms with E-state index in [4.69, 9.17) is 4.74 Å². The quantitative estimate of drug-likeness (QED) is 0.633. The van der Waals surface area contributed by atoms with Gasteiger partial charge in [0.05, 0.1) is 12.8 Å². The molecule has 3 amide bonds. The molecule has 1 fully saturated rings. The van der Waals surface area contributed by atoms with Crippen molar-refractivity contribution in [3.63, 3.8) is 0 Å². The van der Waals surface area contributed by atoms with Crippen molar-refractivity contribution in [3.05, 3.63) is 18.2 Å². The van der Waals surface area contributed by atoms with Crippen LogP contribution in [0.3, 0.4) is 0 Å². The van der Waals surface area contributed by atoms with E-state index in [2.05, 4.69) is 16.0 Å². The zero-order chi connectivity index (χ0) is 17.5. The van der Waals surface area contributed by atoms with Crippen molar-refractivity contribution >= 4 is 29.1 Å². The van der Waals surface area contributed by atoms with Gasteiger partial charge in [-0.2, -0.15) is 0 Å². The van der Waals surface area contributed by atoms with E-state index in [0.29, 0.717) is 36.5 Å². The second-order valence-electron chi connectivity index (χ2n) is 5.81. The van der Waals surface area contributed by atoms with Crippen LogP contribution >= 0.6 is 0 Å². The van der Waals surface area contributed by atoms with Crippen molar-refractivity contribution in [2.75, 3.05) is 24.3 Å². The number of carbonyl (C=O) groups excluding carboxylic acids is 3. The first kappa shape index (κ1) is 17.8. The Morgan fingerprint density at radius 2 is 1.96 bits per heavy atom. The van der Waals surface area contributed by atoms with Gasteiger partial charge < -0.3 is 20.7 Å². The molecule has 1 saturated carbocycles. The average molecular weight is 333 g/mol. The largest absolute Gasteiger partial charge is 0.495 e. The Morgan fingerprint density at radius 1 is 1.21 bits per heavy atom. The Hall–Kier alpha value is -2.57. The summed E-state index contributed by atoms with van der Waals surface area (Å²) >= 11 is 0. The van der Waals surface area contributed by atoms with Gasteiger partial charge in [0, 0.05) is 31.5 Å². The van der Waals surface area contributed by atoms with Gasteiger partial charge in [0.1, 0.15) is 5.75 Å². The molecule has 0 atom stereocenters. The van der Waals surface area contributed by atoms with Crippen LogP contribution in [0, 0.1) is 5.92 Å². The monoisotopic (exact) mass is 333 g/mol. The first-order valence-corrected chi connectivity index (χ1v) is 8.03. The molecule has 130 valence electrons. The van der Waals surface area contributed by atoms with E-state index < -0.39 is 0 Å². The molecule has 0 radical (unpaired) electrons. The molecule has 2 rings (SSSR count). The normalized spacial score (nSPS) is 13.1. The zero-order valence-corrected chi connectivity index (χ0v) is 14.0. The molecule has 0 saturated heterocycles. The number of methoxy groups -OCH3 is 1. The van der Waals surface area contributed by atoms with E-state index in [1.165, 1.54) is 14.0 Å². The number of anilines is 2. The van der Waals surface area contributed by atoms with Gasteiger partial charge in [0.15, 0.2) is 0 Å². The maximum absolute atomic E-state index is 12.0. The third-order valence-corrected chi connectivity index (χ3v) is 3.62. The topological polar surface area (TPSA) is 96.5 Å². The summed E-state index contributed by atoms with van der Waals surface area (Å²) in [6.07, 6.45) is 2.80. The smallest absolute Gasteiger partial charge is 0.224 e. The minimum Gasteiger partial charge on any atom is -0.495 e. The second kappa shape index (κ2) is 8.33. The summed E-state index contributed by atoms with van der Waals surface area (Å²) in [5.41, 5.74) is 1.08. The molecule has 1 aliphatic rings. The highest BCUT2D eigenvalue weighted by atomic mass is 16.5. The molecule has 24 heavy (non-hydrogen) atoms. The lowest BCUT2D eigenvalue weighted by Crippen LogP contribution is -2.26. The van der Waals surface area contributed by atoms with Crippen LogP contribution in [0.2, 0.25) is 0 Å². The van der Waals surface area contributed by atoms with E-state index in [1.54, 1.807) is 18.2 Å². The number of benzene rings is 1. The zero-order valence-electron chi connectivity index (χ0n) is 14.0. The molecule has 3 N–H and O–H groups in total. The standard InChI is InChI=1S/C17H23N3O4/c1-11(21)19-13-7-8-15(24-2)14(10-13)20-16(22)4-3-9-18-17(23)12-5-6-12/h7-8,10,12H,3-6,9H2,1-2H3,(H,18,23)(H,19,21)(H,20,22). The summed E-state index contributed by atoms with van der Waals surface area (Å²) in [5, 5.41) is 8.25. The molecule has 7 heteroatoms. The maximum Gasteiger partial charge on any atom is 0.224 e. The van der Waals surface area contributed by atoms with Crippen LogP contribution in [0.25, 0.3) is 0 Å². The lowest BCUT2D eigenvalue weighted by molar-refractivity contribution is -0.122. The van der Waals surface area contributed by atoms with Crippen LogP contribution in [-0.2, 0) is 14.4 Å². The molecule has 1 aliphatic carbocycles. The summed E-state index contributed by atoms with van der Waals surface area (Å²) in [6.45, 7) is 1.91. The van der Waals surface area contributed by atoms with E-state index in [-0.39, 0.29) is 23.6 Å². The highest BCUT2D eigenvalue weighted by Crippen LogP contribution is 2.29. The molecule has 7 nitrogen and oxygen atoms in total. The maximum atomic E-state index is 12.0. The molecule has 1 aromatic rings. The summed E-state index contributed by atoms with van der Waals surface area (Å²) < 4.78 is 5.21. The third kappa shape index (κ3) is 5.57. The van der Waals surface area contributed by atoms with Crippen molar-refractivity contribution in [1.82, 2.24) is 5.32 Å². The van der Waals surface area contributed by atoms with Gasteiger partial charge in [0.2, 0.25) is 17.7 Å². The van der Waals surface area contributed by atoms with Crippen molar-refractivity contribution in [1.29, 1.82) is 0 Å². The van der Waals surface area contributed by atoms with Crippen molar-refractivity contribution in [2.45, 2.75) is 32.6 Å². The van der Waals surface area contributed by atoms with E-state index in [9.17, 15) is 14.4 Å². The first-order chi connectivity index (χ1) is 11.5. The third-order valence-electron chi connectivity index (χ3n) is 3.62. The average Bonchev–Trinajstić information content (AvgIpc) is 3.36. The highest BCUT2D eigenvalue weighted by molar-refractivity contribution is 5.95. The molecule has 0 aromatic heterocycles. The van der Waals surface area contributed by atoms with Crippen molar-refractivity contribution < 1.29 is 19.1 Å². The predicted octanol–water partition coefficient (Wildman–Crippen LogP) is 1.90. The number of nitrogens with one attached hydrogen (secondary N) is 3. The number of carbonyl (C=O) groups is 3. The van der Waals surface area contributed by atoms with Crippen LogP contribution in [0.15, 0.2) is 18.2 Å². The summed E-state index contributed by atoms with van der Waals surface area (Å²) in [5.74, 6) is 0.414.